The van der Waals surface area contributed by atoms with Crippen molar-refractivity contribution in [2.75, 3.05) is 0 Å². The van der Waals surface area contributed by atoms with Crippen LogP contribution in [-0.4, -0.2) is 44.8 Å². The smallest absolute Gasteiger partial charge is 0.108 e. The van der Waals surface area contributed by atoms with E-state index in [1.807, 2.05) is 27.7 Å². The van der Waals surface area contributed by atoms with Crippen LogP contribution >= 0.6 is 0 Å². The summed E-state index contributed by atoms with van der Waals surface area (Å²) in [4.78, 5) is 0. The molecule has 0 saturated heterocycles. The average Bonchev–Trinajstić information content (AvgIpc) is 2.13. The molecule has 0 bridgehead atoms. The van der Waals surface area contributed by atoms with Gasteiger partial charge in [0.1, 0.15) is 12.2 Å². The molecule has 0 aromatic heterocycles. The largest absolute Gasteiger partial charge is 0.390 e. The Morgan fingerprint density at radius 3 is 1.06 bits per heavy atom. The predicted octanol–water partition coefficient (Wildman–Crippen LogP) is 0.522. The SMILES string of the molecule is CC(C)CC(O)C(O)C(O)C(O)CC(C)C. The monoisotopic (exact) mass is 234 g/mol. The van der Waals surface area contributed by atoms with Crippen molar-refractivity contribution in [2.24, 2.45) is 11.8 Å². The first-order valence-corrected chi connectivity index (χ1v) is 5.98. The van der Waals surface area contributed by atoms with Gasteiger partial charge >= 0.3 is 0 Å². The average molecular weight is 234 g/mol. The Kier molecular flexibility index (Phi) is 7.15. The van der Waals surface area contributed by atoms with Crippen LogP contribution < -0.4 is 0 Å². The molecule has 0 heterocycles. The Balaban J connectivity index is 4.19. The summed E-state index contributed by atoms with van der Waals surface area (Å²) in [6, 6.07) is 0. The van der Waals surface area contributed by atoms with Gasteiger partial charge in [0.25, 0.3) is 0 Å². The van der Waals surface area contributed by atoms with Crippen molar-refractivity contribution in [1.82, 2.24) is 0 Å². The summed E-state index contributed by atoms with van der Waals surface area (Å²) in [7, 11) is 0. The van der Waals surface area contributed by atoms with E-state index in [0.717, 1.165) is 0 Å². The summed E-state index contributed by atoms with van der Waals surface area (Å²) in [5, 5.41) is 38.6. The zero-order valence-electron chi connectivity index (χ0n) is 10.7. The van der Waals surface area contributed by atoms with Crippen molar-refractivity contribution in [3.8, 4) is 0 Å². The molecule has 0 aliphatic heterocycles. The first-order chi connectivity index (χ1) is 7.25. The maximum absolute atomic E-state index is 9.66. The third-order valence-corrected chi connectivity index (χ3v) is 2.56. The van der Waals surface area contributed by atoms with Crippen molar-refractivity contribution in [2.45, 2.75) is 65.0 Å². The third kappa shape index (κ3) is 5.80. The summed E-state index contributed by atoms with van der Waals surface area (Å²) in [5.41, 5.74) is 0. The van der Waals surface area contributed by atoms with Gasteiger partial charge in [-0.15, -0.1) is 0 Å². The second-order valence-electron chi connectivity index (χ2n) is 5.37. The Morgan fingerprint density at radius 1 is 0.625 bits per heavy atom. The molecule has 4 nitrogen and oxygen atoms in total. The third-order valence-electron chi connectivity index (χ3n) is 2.56. The molecular formula is C12H26O4. The Hall–Kier alpha value is -0.160. The zero-order chi connectivity index (χ0) is 12.9. The van der Waals surface area contributed by atoms with Crippen molar-refractivity contribution in [3.05, 3.63) is 0 Å². The van der Waals surface area contributed by atoms with E-state index in [-0.39, 0.29) is 11.8 Å². The minimum Gasteiger partial charge on any atom is -0.390 e. The van der Waals surface area contributed by atoms with E-state index in [4.69, 9.17) is 0 Å². The number of hydrogen-bond acceptors (Lipinski definition) is 4. The predicted molar refractivity (Wildman–Crippen MR) is 62.9 cm³/mol. The lowest BCUT2D eigenvalue weighted by molar-refractivity contribution is -0.112. The molecule has 0 aromatic carbocycles. The topological polar surface area (TPSA) is 80.9 Å². The van der Waals surface area contributed by atoms with E-state index >= 15 is 0 Å². The zero-order valence-corrected chi connectivity index (χ0v) is 10.7. The van der Waals surface area contributed by atoms with Crippen LogP contribution in [0.5, 0.6) is 0 Å². The molecule has 0 rings (SSSR count). The summed E-state index contributed by atoms with van der Waals surface area (Å²) >= 11 is 0. The standard InChI is InChI=1S/C12H26O4/c1-7(2)5-9(13)11(15)12(16)10(14)6-8(3)4/h7-16H,5-6H2,1-4H3. The quantitative estimate of drug-likeness (QED) is 0.518. The van der Waals surface area contributed by atoms with Crippen LogP contribution in [0.1, 0.15) is 40.5 Å². The van der Waals surface area contributed by atoms with Gasteiger partial charge in [-0.25, -0.2) is 0 Å². The summed E-state index contributed by atoms with van der Waals surface area (Å²) in [6.45, 7) is 7.69. The maximum atomic E-state index is 9.66. The van der Waals surface area contributed by atoms with Gasteiger partial charge in [0.15, 0.2) is 0 Å². The minimum absolute atomic E-state index is 0.235. The Bertz CT molecular complexity index is 162. The van der Waals surface area contributed by atoms with E-state index in [1.54, 1.807) is 0 Å². The summed E-state index contributed by atoms with van der Waals surface area (Å²) < 4.78 is 0. The van der Waals surface area contributed by atoms with Crippen molar-refractivity contribution >= 4 is 0 Å². The fourth-order valence-electron chi connectivity index (χ4n) is 1.70. The maximum Gasteiger partial charge on any atom is 0.108 e. The molecule has 0 saturated carbocycles. The first-order valence-electron chi connectivity index (χ1n) is 5.98. The highest BCUT2D eigenvalue weighted by atomic mass is 16.4. The van der Waals surface area contributed by atoms with E-state index in [2.05, 4.69) is 0 Å². The molecule has 98 valence electrons. The summed E-state index contributed by atoms with van der Waals surface area (Å²) in [6.07, 6.45) is -3.72. The molecule has 4 unspecified atom stereocenters. The molecule has 0 aliphatic carbocycles. The van der Waals surface area contributed by atoms with Crippen molar-refractivity contribution < 1.29 is 20.4 Å². The lowest BCUT2D eigenvalue weighted by atomic mass is 9.93. The fraction of sp³-hybridized carbons (Fsp3) is 1.00. The molecule has 4 N–H and O–H groups in total. The van der Waals surface area contributed by atoms with Crippen molar-refractivity contribution in [1.29, 1.82) is 0 Å². The summed E-state index contributed by atoms with van der Waals surface area (Å²) in [5.74, 6) is 0.471. The van der Waals surface area contributed by atoms with Crippen LogP contribution in [0.3, 0.4) is 0 Å². The molecule has 0 fully saturated rings. The van der Waals surface area contributed by atoms with Gasteiger partial charge < -0.3 is 20.4 Å². The van der Waals surface area contributed by atoms with Gasteiger partial charge in [0.2, 0.25) is 0 Å². The van der Waals surface area contributed by atoms with E-state index in [0.29, 0.717) is 12.8 Å². The van der Waals surface area contributed by atoms with E-state index in [1.165, 1.54) is 0 Å². The van der Waals surface area contributed by atoms with E-state index < -0.39 is 24.4 Å². The minimum atomic E-state index is -1.28. The number of rotatable bonds is 7. The molecule has 0 amide bonds. The van der Waals surface area contributed by atoms with Gasteiger partial charge in [-0.2, -0.15) is 0 Å². The highest BCUT2D eigenvalue weighted by molar-refractivity contribution is 4.81. The van der Waals surface area contributed by atoms with Crippen LogP contribution in [0.25, 0.3) is 0 Å². The molecule has 0 spiro atoms. The van der Waals surface area contributed by atoms with Crippen LogP contribution in [0.15, 0.2) is 0 Å². The van der Waals surface area contributed by atoms with Gasteiger partial charge in [-0.05, 0) is 24.7 Å². The molecule has 4 heteroatoms. The molecular weight excluding hydrogens is 208 g/mol. The number of aliphatic hydroxyl groups excluding tert-OH is 4. The van der Waals surface area contributed by atoms with Crippen LogP contribution in [0.4, 0.5) is 0 Å². The molecule has 0 aromatic rings. The van der Waals surface area contributed by atoms with Crippen molar-refractivity contribution in [3.63, 3.8) is 0 Å². The van der Waals surface area contributed by atoms with Gasteiger partial charge in [0, 0.05) is 0 Å². The van der Waals surface area contributed by atoms with E-state index in [9.17, 15) is 20.4 Å². The normalized spacial score (nSPS) is 19.9. The first kappa shape index (κ1) is 15.8. The van der Waals surface area contributed by atoms with Gasteiger partial charge in [-0.3, -0.25) is 0 Å². The van der Waals surface area contributed by atoms with Crippen LogP contribution in [0, 0.1) is 11.8 Å². The van der Waals surface area contributed by atoms with Crippen LogP contribution in [-0.2, 0) is 0 Å². The molecule has 0 radical (unpaired) electrons. The lowest BCUT2D eigenvalue weighted by Crippen LogP contribution is -2.45. The fourth-order valence-corrected chi connectivity index (χ4v) is 1.70. The highest BCUT2D eigenvalue weighted by Gasteiger charge is 2.30. The molecule has 16 heavy (non-hydrogen) atoms. The Morgan fingerprint density at radius 2 is 0.875 bits per heavy atom. The van der Waals surface area contributed by atoms with Crippen LogP contribution in [0.2, 0.25) is 0 Å². The lowest BCUT2D eigenvalue weighted by Gasteiger charge is -2.28. The Labute approximate surface area is 97.9 Å². The number of aliphatic hydroxyl groups is 4. The van der Waals surface area contributed by atoms with Gasteiger partial charge in [0.05, 0.1) is 12.2 Å². The highest BCUT2D eigenvalue weighted by Crippen LogP contribution is 2.16. The second-order valence-corrected chi connectivity index (χ2v) is 5.37. The molecule has 0 aliphatic rings. The van der Waals surface area contributed by atoms with Gasteiger partial charge in [-0.1, -0.05) is 27.7 Å². The number of hydrogen-bond donors (Lipinski definition) is 4. The molecule has 4 atom stereocenters. The second kappa shape index (κ2) is 7.22.